The minimum absolute atomic E-state index is 0.898. The molecule has 0 saturated carbocycles. The molecule has 0 radical (unpaired) electrons. The molecule has 2 heteroatoms. The van der Waals surface area contributed by atoms with E-state index in [1.165, 1.54) is 16.7 Å². The SMILES string of the molecule is Cc1c(C)c(C)c(P(=O)(c2ccccc2)c2ccccc2)c(C)c1C. The van der Waals surface area contributed by atoms with Gasteiger partial charge < -0.3 is 4.57 Å². The van der Waals surface area contributed by atoms with E-state index in [-0.39, 0.29) is 0 Å². The van der Waals surface area contributed by atoms with Crippen LogP contribution in [0.3, 0.4) is 0 Å². The maximum absolute atomic E-state index is 14.7. The van der Waals surface area contributed by atoms with Gasteiger partial charge in [-0.25, -0.2) is 0 Å². The van der Waals surface area contributed by atoms with Crippen LogP contribution >= 0.6 is 7.14 Å². The molecule has 0 aliphatic carbocycles. The van der Waals surface area contributed by atoms with Crippen LogP contribution < -0.4 is 15.9 Å². The Bertz CT molecular complexity index is 884. The first kappa shape index (κ1) is 17.7. The molecule has 3 aromatic rings. The molecule has 1 nitrogen and oxygen atoms in total. The Kier molecular flexibility index (Phi) is 4.71. The highest BCUT2D eigenvalue weighted by molar-refractivity contribution is 7.85. The van der Waals surface area contributed by atoms with Crippen LogP contribution in [0.1, 0.15) is 27.8 Å². The fourth-order valence-electron chi connectivity index (χ4n) is 3.64. The van der Waals surface area contributed by atoms with Crippen LogP contribution in [0, 0.1) is 34.6 Å². The van der Waals surface area contributed by atoms with E-state index in [1.807, 2.05) is 60.7 Å². The summed E-state index contributed by atoms with van der Waals surface area (Å²) in [6.45, 7) is 10.7. The minimum atomic E-state index is -2.93. The third-order valence-corrected chi connectivity index (χ3v) is 8.87. The quantitative estimate of drug-likeness (QED) is 0.617. The zero-order valence-corrected chi connectivity index (χ0v) is 16.5. The normalized spacial score (nSPS) is 11.6. The summed E-state index contributed by atoms with van der Waals surface area (Å²) in [5.41, 5.74) is 6.08. The largest absolute Gasteiger partial charge is 0.309 e. The highest BCUT2D eigenvalue weighted by Crippen LogP contribution is 2.45. The number of hydrogen-bond acceptors (Lipinski definition) is 1. The Balaban J connectivity index is 2.46. The average Bonchev–Trinajstić information content (AvgIpc) is 2.66. The molecule has 0 atom stereocenters. The van der Waals surface area contributed by atoms with E-state index >= 15 is 0 Å². The second kappa shape index (κ2) is 6.65. The molecular weight excluding hydrogens is 323 g/mol. The van der Waals surface area contributed by atoms with Crippen LogP contribution in [0.4, 0.5) is 0 Å². The van der Waals surface area contributed by atoms with Crippen molar-refractivity contribution in [2.24, 2.45) is 0 Å². The summed E-state index contributed by atoms with van der Waals surface area (Å²) in [5.74, 6) is 0. The molecular formula is C23H25OP. The molecule has 0 aliphatic rings. The van der Waals surface area contributed by atoms with Crippen molar-refractivity contribution in [3.8, 4) is 0 Å². The summed E-state index contributed by atoms with van der Waals surface area (Å²) in [6, 6.07) is 19.8. The lowest BCUT2D eigenvalue weighted by molar-refractivity contribution is 0.592. The number of hydrogen-bond donors (Lipinski definition) is 0. The lowest BCUT2D eigenvalue weighted by Crippen LogP contribution is -2.30. The molecule has 0 saturated heterocycles. The standard InChI is InChI=1S/C23H25OP/c1-16-17(2)19(4)23(20(5)18(16)3)25(24,21-12-8-6-9-13-21)22-14-10-7-11-15-22/h6-15H,1-5H3. The Morgan fingerprint density at radius 1 is 0.520 bits per heavy atom. The van der Waals surface area contributed by atoms with Gasteiger partial charge in [-0.05, 0) is 62.4 Å². The molecule has 0 heterocycles. The minimum Gasteiger partial charge on any atom is -0.309 e. The molecule has 128 valence electrons. The molecule has 0 spiro atoms. The third-order valence-electron chi connectivity index (χ3n) is 5.51. The molecule has 0 unspecified atom stereocenters. The van der Waals surface area contributed by atoms with Crippen molar-refractivity contribution in [1.29, 1.82) is 0 Å². The summed E-state index contributed by atoms with van der Waals surface area (Å²) in [6.07, 6.45) is 0. The van der Waals surface area contributed by atoms with Crippen molar-refractivity contribution in [3.05, 3.63) is 88.5 Å². The first-order valence-electron chi connectivity index (χ1n) is 8.67. The van der Waals surface area contributed by atoms with Gasteiger partial charge in [0, 0.05) is 15.9 Å². The zero-order chi connectivity index (χ0) is 18.2. The Morgan fingerprint density at radius 3 is 1.20 bits per heavy atom. The van der Waals surface area contributed by atoms with Gasteiger partial charge in [0.1, 0.15) is 0 Å². The van der Waals surface area contributed by atoms with Crippen LogP contribution in [-0.4, -0.2) is 0 Å². The van der Waals surface area contributed by atoms with E-state index in [9.17, 15) is 4.57 Å². The van der Waals surface area contributed by atoms with E-state index in [1.54, 1.807) is 0 Å². The maximum Gasteiger partial charge on any atom is 0.171 e. The van der Waals surface area contributed by atoms with Crippen molar-refractivity contribution in [2.45, 2.75) is 34.6 Å². The van der Waals surface area contributed by atoms with E-state index < -0.39 is 7.14 Å². The van der Waals surface area contributed by atoms with Crippen molar-refractivity contribution in [2.75, 3.05) is 0 Å². The zero-order valence-electron chi connectivity index (χ0n) is 15.6. The second-order valence-corrected chi connectivity index (χ2v) is 9.45. The van der Waals surface area contributed by atoms with Gasteiger partial charge in [-0.2, -0.15) is 0 Å². The molecule has 3 rings (SSSR count). The van der Waals surface area contributed by atoms with Crippen molar-refractivity contribution < 1.29 is 4.57 Å². The van der Waals surface area contributed by atoms with E-state index in [2.05, 4.69) is 34.6 Å². The Hall–Kier alpha value is -2.11. The Morgan fingerprint density at radius 2 is 0.840 bits per heavy atom. The average molecular weight is 348 g/mol. The number of benzene rings is 3. The van der Waals surface area contributed by atoms with Crippen LogP contribution in [-0.2, 0) is 4.57 Å². The Labute approximate surface area is 151 Å². The molecule has 0 aliphatic heterocycles. The highest BCUT2D eigenvalue weighted by atomic mass is 31.2. The molecule has 25 heavy (non-hydrogen) atoms. The van der Waals surface area contributed by atoms with Gasteiger partial charge in [0.15, 0.2) is 7.14 Å². The van der Waals surface area contributed by atoms with Gasteiger partial charge in [-0.3, -0.25) is 0 Å². The molecule has 0 N–H and O–H groups in total. The topological polar surface area (TPSA) is 17.1 Å². The smallest absolute Gasteiger partial charge is 0.171 e. The fraction of sp³-hybridized carbons (Fsp3) is 0.217. The fourth-order valence-corrected chi connectivity index (χ4v) is 6.91. The molecule has 0 bridgehead atoms. The van der Waals surface area contributed by atoms with Crippen molar-refractivity contribution in [1.82, 2.24) is 0 Å². The molecule has 0 fully saturated rings. The molecule has 0 aromatic heterocycles. The van der Waals surface area contributed by atoms with E-state index in [0.717, 1.165) is 27.0 Å². The summed E-state index contributed by atoms with van der Waals surface area (Å²) in [4.78, 5) is 0. The van der Waals surface area contributed by atoms with Gasteiger partial charge in [0.05, 0.1) is 0 Å². The van der Waals surface area contributed by atoms with Gasteiger partial charge in [0.2, 0.25) is 0 Å². The lowest BCUT2D eigenvalue weighted by atomic mass is 9.95. The first-order chi connectivity index (χ1) is 11.9. The van der Waals surface area contributed by atoms with E-state index in [0.29, 0.717) is 0 Å². The van der Waals surface area contributed by atoms with Crippen LogP contribution in [0.2, 0.25) is 0 Å². The summed E-state index contributed by atoms with van der Waals surface area (Å²) in [5, 5.41) is 2.80. The van der Waals surface area contributed by atoms with Crippen molar-refractivity contribution in [3.63, 3.8) is 0 Å². The van der Waals surface area contributed by atoms with Crippen molar-refractivity contribution >= 4 is 23.1 Å². The number of rotatable bonds is 3. The van der Waals surface area contributed by atoms with Gasteiger partial charge >= 0.3 is 0 Å². The lowest BCUT2D eigenvalue weighted by Gasteiger charge is -2.27. The molecule has 0 amide bonds. The van der Waals surface area contributed by atoms with Crippen LogP contribution in [0.5, 0.6) is 0 Å². The predicted molar refractivity (Wildman–Crippen MR) is 110 cm³/mol. The predicted octanol–water partition coefficient (Wildman–Crippen LogP) is 4.87. The second-order valence-electron chi connectivity index (χ2n) is 6.75. The monoisotopic (exact) mass is 348 g/mol. The van der Waals surface area contributed by atoms with Gasteiger partial charge in [0.25, 0.3) is 0 Å². The summed E-state index contributed by atoms with van der Waals surface area (Å²) in [7, 11) is -2.93. The summed E-state index contributed by atoms with van der Waals surface area (Å²) >= 11 is 0. The van der Waals surface area contributed by atoms with Crippen LogP contribution in [0.15, 0.2) is 60.7 Å². The van der Waals surface area contributed by atoms with Gasteiger partial charge in [-0.15, -0.1) is 0 Å². The molecule has 3 aromatic carbocycles. The highest BCUT2D eigenvalue weighted by Gasteiger charge is 2.33. The van der Waals surface area contributed by atoms with Gasteiger partial charge in [-0.1, -0.05) is 60.7 Å². The third kappa shape index (κ3) is 2.77. The van der Waals surface area contributed by atoms with Crippen LogP contribution in [0.25, 0.3) is 0 Å². The summed E-state index contributed by atoms with van der Waals surface area (Å²) < 4.78 is 14.7. The first-order valence-corrected chi connectivity index (χ1v) is 10.4. The van der Waals surface area contributed by atoms with E-state index in [4.69, 9.17) is 0 Å². The maximum atomic E-state index is 14.7.